The van der Waals surface area contributed by atoms with Gasteiger partial charge in [0.2, 0.25) is 0 Å². The predicted molar refractivity (Wildman–Crippen MR) is 187 cm³/mol. The van der Waals surface area contributed by atoms with E-state index < -0.39 is 49.4 Å². The lowest BCUT2D eigenvalue weighted by Crippen LogP contribution is -2.68. The maximum Gasteiger partial charge on any atom is 0.410 e. The number of carbonyl (C=O) groups excluding carboxylic acids is 2. The highest BCUT2D eigenvalue weighted by atomic mass is 35.5. The molecule has 0 radical (unpaired) electrons. The van der Waals surface area contributed by atoms with Gasteiger partial charge >= 0.3 is 6.09 Å². The van der Waals surface area contributed by atoms with E-state index in [4.69, 9.17) is 25.5 Å². The van der Waals surface area contributed by atoms with Crippen molar-refractivity contribution < 1.29 is 27.9 Å². The Morgan fingerprint density at radius 2 is 1.49 bits per heavy atom. The zero-order chi connectivity index (χ0) is 34.8. The van der Waals surface area contributed by atoms with Crippen LogP contribution in [0.1, 0.15) is 66.5 Å². The Labute approximate surface area is 284 Å². The molecule has 1 aliphatic heterocycles. The lowest BCUT2D eigenvalue weighted by atomic mass is 9.92. The van der Waals surface area contributed by atoms with Crippen LogP contribution < -0.4 is 15.7 Å². The van der Waals surface area contributed by atoms with Gasteiger partial charge in [0.1, 0.15) is 11.4 Å². The fourth-order valence-corrected chi connectivity index (χ4v) is 11.1. The minimum atomic E-state index is -2.92. The highest BCUT2D eigenvalue weighted by Gasteiger charge is 2.51. The van der Waals surface area contributed by atoms with Crippen LogP contribution in [0.3, 0.4) is 0 Å². The lowest BCUT2D eigenvalue weighted by Gasteiger charge is -2.46. The van der Waals surface area contributed by atoms with Crippen molar-refractivity contribution in [3.05, 3.63) is 94.8 Å². The Kier molecular flexibility index (Phi) is 11.0. The van der Waals surface area contributed by atoms with E-state index in [1.54, 1.807) is 52.5 Å². The largest absolute Gasteiger partial charge is 0.444 e. The molecule has 2 amide bonds. The third-order valence-electron chi connectivity index (χ3n) is 8.55. The van der Waals surface area contributed by atoms with Crippen molar-refractivity contribution in [1.29, 1.82) is 0 Å². The molecule has 1 saturated heterocycles. The van der Waals surface area contributed by atoms with Gasteiger partial charge in [0.05, 0.1) is 36.4 Å². The molecule has 4 rings (SSSR count). The average Bonchev–Trinajstić information content (AvgIpc) is 2.99. The summed E-state index contributed by atoms with van der Waals surface area (Å²) < 4.78 is 33.2. The molecule has 10 heteroatoms. The van der Waals surface area contributed by atoms with E-state index in [9.17, 15) is 14.0 Å². The fraction of sp³-hybridized carbons (Fsp3) is 0.459. The van der Waals surface area contributed by atoms with Crippen molar-refractivity contribution in [2.75, 3.05) is 19.8 Å². The van der Waals surface area contributed by atoms with Crippen LogP contribution in [0, 0.1) is 12.7 Å². The van der Waals surface area contributed by atoms with Gasteiger partial charge in [0.25, 0.3) is 14.2 Å². The third-order valence-corrected chi connectivity index (χ3v) is 14.0. The minimum absolute atomic E-state index is 0.0399. The summed E-state index contributed by atoms with van der Waals surface area (Å²) >= 11 is 6.49. The number of hydrogen-bond donors (Lipinski definition) is 1. The van der Waals surface area contributed by atoms with Gasteiger partial charge in [0.15, 0.2) is 6.10 Å². The SMILES string of the molecule is Cc1c(F)ccc(C(C)(C)NC(=O)[C@@H]2CN(C(=O)OC(C)(C)C)[C@H](CO[Si](c3ccccc3)(c3ccccc3)C(C)(C)C)CO2)c1Cl. The van der Waals surface area contributed by atoms with Gasteiger partial charge in [-0.25, -0.2) is 9.18 Å². The van der Waals surface area contributed by atoms with E-state index in [-0.39, 0.29) is 29.8 Å². The molecule has 2 atom stereocenters. The summed E-state index contributed by atoms with van der Waals surface area (Å²) in [5, 5.41) is 5.21. The van der Waals surface area contributed by atoms with Crippen LogP contribution in [0.4, 0.5) is 9.18 Å². The summed E-state index contributed by atoms with van der Waals surface area (Å²) in [6.07, 6.45) is -1.53. The summed E-state index contributed by atoms with van der Waals surface area (Å²) in [5.74, 6) is -0.844. The Morgan fingerprint density at radius 1 is 0.936 bits per heavy atom. The minimum Gasteiger partial charge on any atom is -0.444 e. The van der Waals surface area contributed by atoms with Crippen molar-refractivity contribution in [3.8, 4) is 0 Å². The highest BCUT2D eigenvalue weighted by molar-refractivity contribution is 6.99. The van der Waals surface area contributed by atoms with E-state index in [0.717, 1.165) is 10.4 Å². The molecule has 0 unspecified atom stereocenters. The summed E-state index contributed by atoms with van der Waals surface area (Å²) in [5.41, 5.74) is -0.825. The number of nitrogens with zero attached hydrogens (tertiary/aromatic N) is 1. The molecule has 0 aliphatic carbocycles. The molecule has 0 bridgehead atoms. The van der Waals surface area contributed by atoms with Crippen molar-refractivity contribution in [1.82, 2.24) is 10.2 Å². The first kappa shape index (κ1) is 36.6. The zero-order valence-electron chi connectivity index (χ0n) is 28.9. The van der Waals surface area contributed by atoms with Crippen LogP contribution >= 0.6 is 11.6 Å². The van der Waals surface area contributed by atoms with Crippen molar-refractivity contribution >= 4 is 42.3 Å². The van der Waals surface area contributed by atoms with Gasteiger partial charge in [-0.2, -0.15) is 0 Å². The Morgan fingerprint density at radius 3 is 2.00 bits per heavy atom. The van der Waals surface area contributed by atoms with Crippen LogP contribution in [-0.4, -0.2) is 62.7 Å². The second kappa shape index (κ2) is 14.1. The van der Waals surface area contributed by atoms with E-state index >= 15 is 0 Å². The Bertz CT molecular complexity index is 1520. The number of carbonyl (C=O) groups is 2. The smallest absolute Gasteiger partial charge is 0.410 e. The summed E-state index contributed by atoms with van der Waals surface area (Å²) in [7, 11) is -2.92. The van der Waals surface area contributed by atoms with Crippen LogP contribution in [0.25, 0.3) is 0 Å². The lowest BCUT2D eigenvalue weighted by molar-refractivity contribution is -0.144. The summed E-state index contributed by atoms with van der Waals surface area (Å²) in [6.45, 7) is 17.4. The first-order valence-electron chi connectivity index (χ1n) is 16.0. The monoisotopic (exact) mass is 682 g/mol. The molecule has 3 aromatic carbocycles. The number of halogens is 2. The topological polar surface area (TPSA) is 77.1 Å². The standard InChI is InChI=1S/C37H48ClFN2O5Si/c1-25-30(39)21-20-29(32(25)38)37(8,9)40-33(42)31-22-41(34(43)46-35(2,3)4)26(23-44-31)24-45-47(36(5,6)7,27-16-12-10-13-17-27)28-18-14-11-15-19-28/h10-21,26,31H,22-24H2,1-9H3,(H,40,42)/t26-,31-/m0/s1. The van der Waals surface area contributed by atoms with Gasteiger partial charge in [-0.05, 0) is 68.6 Å². The van der Waals surface area contributed by atoms with Gasteiger partial charge in [0, 0.05) is 5.56 Å². The van der Waals surface area contributed by atoms with Gasteiger partial charge in [-0.15, -0.1) is 0 Å². The van der Waals surface area contributed by atoms with E-state index in [2.05, 4.69) is 50.4 Å². The molecule has 1 fully saturated rings. The maximum atomic E-state index is 14.1. The molecule has 0 saturated carbocycles. The Balaban J connectivity index is 1.63. The third kappa shape index (κ3) is 8.08. The van der Waals surface area contributed by atoms with Crippen molar-refractivity contribution in [2.24, 2.45) is 0 Å². The molecule has 3 aromatic rings. The van der Waals surface area contributed by atoms with Crippen molar-refractivity contribution in [2.45, 2.75) is 90.6 Å². The summed E-state index contributed by atoms with van der Waals surface area (Å²) in [4.78, 5) is 28.9. The Hall–Kier alpha value is -3.24. The average molecular weight is 683 g/mol. The number of benzene rings is 3. The quantitative estimate of drug-likeness (QED) is 0.267. The predicted octanol–water partition coefficient (Wildman–Crippen LogP) is 6.72. The first-order chi connectivity index (χ1) is 21.9. The van der Waals surface area contributed by atoms with E-state index in [1.807, 2.05) is 36.4 Å². The molecule has 254 valence electrons. The van der Waals surface area contributed by atoms with Crippen LogP contribution in [-0.2, 0) is 24.2 Å². The molecule has 1 N–H and O–H groups in total. The van der Waals surface area contributed by atoms with Crippen LogP contribution in [0.15, 0.2) is 72.8 Å². The molecule has 0 spiro atoms. The molecule has 1 aliphatic rings. The molecule has 47 heavy (non-hydrogen) atoms. The number of nitrogens with one attached hydrogen (secondary N) is 1. The van der Waals surface area contributed by atoms with Crippen molar-refractivity contribution in [3.63, 3.8) is 0 Å². The molecule has 1 heterocycles. The van der Waals surface area contributed by atoms with E-state index in [0.29, 0.717) is 11.1 Å². The highest BCUT2D eigenvalue weighted by Crippen LogP contribution is 2.37. The number of rotatable bonds is 8. The second-order valence-electron chi connectivity index (χ2n) is 14.7. The number of ether oxygens (including phenoxy) is 2. The number of amides is 2. The first-order valence-corrected chi connectivity index (χ1v) is 18.3. The van der Waals surface area contributed by atoms with Gasteiger partial charge in [-0.1, -0.05) is 99.1 Å². The molecular weight excluding hydrogens is 635 g/mol. The number of morpholine rings is 1. The zero-order valence-corrected chi connectivity index (χ0v) is 30.7. The van der Waals surface area contributed by atoms with Crippen LogP contribution in [0.5, 0.6) is 0 Å². The fourth-order valence-electron chi connectivity index (χ4n) is 6.12. The summed E-state index contributed by atoms with van der Waals surface area (Å²) in [6, 6.07) is 22.9. The molecule has 7 nitrogen and oxygen atoms in total. The maximum absolute atomic E-state index is 14.1. The van der Waals surface area contributed by atoms with Crippen LogP contribution in [0.2, 0.25) is 10.1 Å². The number of hydrogen-bond acceptors (Lipinski definition) is 5. The van der Waals surface area contributed by atoms with E-state index in [1.165, 1.54) is 6.07 Å². The normalized spacial score (nSPS) is 17.7. The van der Waals surface area contributed by atoms with Gasteiger partial charge < -0.3 is 19.2 Å². The second-order valence-corrected chi connectivity index (χ2v) is 19.4. The molecular formula is C37H48ClFN2O5Si. The molecule has 0 aromatic heterocycles. The van der Waals surface area contributed by atoms with Gasteiger partial charge in [-0.3, -0.25) is 9.69 Å².